The molecule has 0 radical (unpaired) electrons. The topological polar surface area (TPSA) is 95.7 Å². The molecule has 108 valence electrons. The van der Waals surface area contributed by atoms with Crippen molar-refractivity contribution in [2.45, 2.75) is 18.9 Å². The van der Waals surface area contributed by atoms with E-state index < -0.39 is 22.9 Å². The summed E-state index contributed by atoms with van der Waals surface area (Å²) in [5, 5.41) is 11.0. The largest absolute Gasteiger partial charge is 0.469 e. The molecular formula is C13H15NO6. The molecule has 1 rings (SSSR count). The Morgan fingerprint density at radius 1 is 1.20 bits per heavy atom. The lowest BCUT2D eigenvalue weighted by Gasteiger charge is -2.09. The van der Waals surface area contributed by atoms with Crippen molar-refractivity contribution < 1.29 is 24.0 Å². The average Bonchev–Trinajstić information content (AvgIpc) is 2.46. The Hall–Kier alpha value is -2.44. The molecule has 0 heterocycles. The van der Waals surface area contributed by atoms with Gasteiger partial charge < -0.3 is 9.47 Å². The summed E-state index contributed by atoms with van der Waals surface area (Å²) in [6, 6.07) is 4.86. The second kappa shape index (κ2) is 7.22. The summed E-state index contributed by atoms with van der Waals surface area (Å²) in [6.07, 6.45) is -0.00184. The van der Waals surface area contributed by atoms with Gasteiger partial charge in [-0.2, -0.15) is 0 Å². The van der Waals surface area contributed by atoms with Gasteiger partial charge in [-0.05, 0) is 12.1 Å². The number of nitrogens with zero attached hydrogens (tertiary/aromatic N) is 1. The van der Waals surface area contributed by atoms with Gasteiger partial charge in [-0.1, -0.05) is 12.1 Å². The molecule has 20 heavy (non-hydrogen) atoms. The number of nitro groups is 1. The van der Waals surface area contributed by atoms with Crippen molar-refractivity contribution in [3.63, 3.8) is 0 Å². The molecule has 0 N–H and O–H groups in total. The second-order valence-corrected chi connectivity index (χ2v) is 4.03. The van der Waals surface area contributed by atoms with Crippen LogP contribution in [0.4, 0.5) is 0 Å². The Labute approximate surface area is 115 Å². The van der Waals surface area contributed by atoms with Crippen LogP contribution in [0.1, 0.15) is 34.8 Å². The Kier molecular flexibility index (Phi) is 5.64. The van der Waals surface area contributed by atoms with E-state index in [0.717, 1.165) is 0 Å². The Morgan fingerprint density at radius 3 is 2.25 bits per heavy atom. The first-order valence-corrected chi connectivity index (χ1v) is 5.88. The van der Waals surface area contributed by atoms with E-state index in [1.807, 2.05) is 0 Å². The molecule has 1 unspecified atom stereocenters. The summed E-state index contributed by atoms with van der Waals surface area (Å²) in [7, 11) is 2.49. The maximum absolute atomic E-state index is 11.3. The van der Waals surface area contributed by atoms with E-state index in [1.54, 1.807) is 0 Å². The fraction of sp³-hybridized carbons (Fsp3) is 0.385. The molecule has 0 saturated carbocycles. The number of esters is 2. The van der Waals surface area contributed by atoms with Crippen LogP contribution in [0.2, 0.25) is 0 Å². The average molecular weight is 281 g/mol. The van der Waals surface area contributed by atoms with Gasteiger partial charge in [0.05, 0.1) is 26.2 Å². The van der Waals surface area contributed by atoms with Gasteiger partial charge in [0.2, 0.25) is 6.04 Å². The molecule has 0 aromatic heterocycles. The number of benzene rings is 1. The number of hydrogen-bond donors (Lipinski definition) is 0. The number of hydrogen-bond acceptors (Lipinski definition) is 6. The molecule has 1 atom stereocenters. The summed E-state index contributed by atoms with van der Waals surface area (Å²) in [4.78, 5) is 32.9. The molecule has 1 aromatic carbocycles. The summed E-state index contributed by atoms with van der Waals surface area (Å²) in [5.74, 6) is -1.01. The van der Waals surface area contributed by atoms with Crippen molar-refractivity contribution in [2.24, 2.45) is 0 Å². The number of carbonyl (C=O) groups is 2. The SMILES string of the molecule is COC(=O)CCC(c1ccc(C(=O)OC)cc1)[N+](=O)[O-]. The van der Waals surface area contributed by atoms with E-state index in [1.165, 1.54) is 38.5 Å². The summed E-state index contributed by atoms with van der Waals surface area (Å²) >= 11 is 0. The van der Waals surface area contributed by atoms with Crippen LogP contribution in [-0.4, -0.2) is 31.1 Å². The van der Waals surface area contributed by atoms with Crippen molar-refractivity contribution in [2.75, 3.05) is 14.2 Å². The lowest BCUT2D eigenvalue weighted by molar-refractivity contribution is -0.529. The fourth-order valence-electron chi connectivity index (χ4n) is 1.71. The van der Waals surface area contributed by atoms with Crippen LogP contribution < -0.4 is 0 Å². The molecule has 1 aromatic rings. The van der Waals surface area contributed by atoms with Gasteiger partial charge in [0.15, 0.2) is 0 Å². The number of ether oxygens (including phenoxy) is 2. The third-order valence-corrected chi connectivity index (χ3v) is 2.82. The van der Waals surface area contributed by atoms with Crippen molar-refractivity contribution in [3.05, 3.63) is 45.5 Å². The molecule has 0 bridgehead atoms. The van der Waals surface area contributed by atoms with Gasteiger partial charge in [0.25, 0.3) is 0 Å². The van der Waals surface area contributed by atoms with Gasteiger partial charge in [0, 0.05) is 16.9 Å². The van der Waals surface area contributed by atoms with Crippen molar-refractivity contribution in [3.8, 4) is 0 Å². The zero-order valence-corrected chi connectivity index (χ0v) is 11.2. The van der Waals surface area contributed by atoms with Crippen LogP contribution in [0, 0.1) is 10.1 Å². The predicted octanol–water partition coefficient (Wildman–Crippen LogP) is 1.74. The molecule has 0 aliphatic rings. The number of carbonyl (C=O) groups excluding carboxylic acids is 2. The molecular weight excluding hydrogens is 266 g/mol. The van der Waals surface area contributed by atoms with E-state index in [4.69, 9.17) is 0 Å². The smallest absolute Gasteiger partial charge is 0.337 e. The van der Waals surface area contributed by atoms with Crippen LogP contribution >= 0.6 is 0 Å². The van der Waals surface area contributed by atoms with Crippen LogP contribution in [0.5, 0.6) is 0 Å². The zero-order chi connectivity index (χ0) is 15.1. The highest BCUT2D eigenvalue weighted by molar-refractivity contribution is 5.89. The molecule has 0 aliphatic heterocycles. The molecule has 0 spiro atoms. The standard InChI is InChI=1S/C13H15NO6/c1-19-12(15)8-7-11(14(17)18)9-3-5-10(6-4-9)13(16)20-2/h3-6,11H,7-8H2,1-2H3. The highest BCUT2D eigenvalue weighted by Gasteiger charge is 2.24. The molecule has 0 fully saturated rings. The molecule has 7 heteroatoms. The van der Waals surface area contributed by atoms with E-state index in [9.17, 15) is 19.7 Å². The van der Waals surface area contributed by atoms with Crippen LogP contribution in [-0.2, 0) is 14.3 Å². The van der Waals surface area contributed by atoms with Gasteiger partial charge >= 0.3 is 11.9 Å². The maximum Gasteiger partial charge on any atom is 0.337 e. The minimum absolute atomic E-state index is 0.0389. The third-order valence-electron chi connectivity index (χ3n) is 2.82. The highest BCUT2D eigenvalue weighted by Crippen LogP contribution is 2.22. The van der Waals surface area contributed by atoms with Gasteiger partial charge in [-0.25, -0.2) is 4.79 Å². The second-order valence-electron chi connectivity index (χ2n) is 4.03. The summed E-state index contributed by atoms with van der Waals surface area (Å²) < 4.78 is 9.00. The predicted molar refractivity (Wildman–Crippen MR) is 68.8 cm³/mol. The lowest BCUT2D eigenvalue weighted by atomic mass is 10.0. The van der Waals surface area contributed by atoms with Crippen LogP contribution in [0.15, 0.2) is 24.3 Å². The highest BCUT2D eigenvalue weighted by atomic mass is 16.6. The zero-order valence-electron chi connectivity index (χ0n) is 11.2. The molecule has 0 aliphatic carbocycles. The summed E-state index contributed by atoms with van der Waals surface area (Å²) in [6.45, 7) is 0. The van der Waals surface area contributed by atoms with E-state index in [-0.39, 0.29) is 12.8 Å². The Bertz CT molecular complexity index is 496. The first-order valence-electron chi connectivity index (χ1n) is 5.88. The Balaban J connectivity index is 2.84. The van der Waals surface area contributed by atoms with Crippen molar-refractivity contribution >= 4 is 11.9 Å². The number of methoxy groups -OCH3 is 2. The van der Waals surface area contributed by atoms with E-state index in [2.05, 4.69) is 9.47 Å². The number of rotatable bonds is 6. The van der Waals surface area contributed by atoms with Crippen LogP contribution in [0.3, 0.4) is 0 Å². The van der Waals surface area contributed by atoms with Gasteiger partial charge in [0.1, 0.15) is 0 Å². The molecule has 0 saturated heterocycles. The van der Waals surface area contributed by atoms with Crippen molar-refractivity contribution in [1.29, 1.82) is 0 Å². The van der Waals surface area contributed by atoms with Crippen LogP contribution in [0.25, 0.3) is 0 Å². The lowest BCUT2D eigenvalue weighted by Crippen LogP contribution is -2.13. The fourth-order valence-corrected chi connectivity index (χ4v) is 1.71. The monoisotopic (exact) mass is 281 g/mol. The first kappa shape index (κ1) is 15.6. The molecule has 7 nitrogen and oxygen atoms in total. The quantitative estimate of drug-likeness (QED) is 0.447. The van der Waals surface area contributed by atoms with Gasteiger partial charge in [-0.3, -0.25) is 14.9 Å². The Morgan fingerprint density at radius 2 is 1.80 bits per heavy atom. The molecule has 0 amide bonds. The third kappa shape index (κ3) is 4.04. The minimum atomic E-state index is -1.01. The normalized spacial score (nSPS) is 11.5. The van der Waals surface area contributed by atoms with Crippen molar-refractivity contribution in [1.82, 2.24) is 0 Å². The first-order chi connectivity index (χ1) is 9.49. The maximum atomic E-state index is 11.3. The van der Waals surface area contributed by atoms with Gasteiger partial charge in [-0.15, -0.1) is 0 Å². The summed E-state index contributed by atoms with van der Waals surface area (Å²) in [5.41, 5.74) is 0.734. The minimum Gasteiger partial charge on any atom is -0.469 e. The van der Waals surface area contributed by atoms with E-state index >= 15 is 0 Å². The van der Waals surface area contributed by atoms with E-state index in [0.29, 0.717) is 11.1 Å².